The predicted molar refractivity (Wildman–Crippen MR) is 141 cm³/mol. The standard InChI is InChI=1S/C27H26FN3O4S/c1-18(17-32)14-21-23(11-13-34-2)29-12-10-24(21)35-25-9-8-20(16-22(25)28)30-27(36)31-26(33)15-19-6-4-3-5-7-19/h3-12,14,16-18H,13,15H2,1-2H3,(H2,30,31,33,36)/b21-14+,23-11+. The second-order valence-electron chi connectivity index (χ2n) is 7.84. The summed E-state index contributed by atoms with van der Waals surface area (Å²) < 4.78 is 25.8. The van der Waals surface area contributed by atoms with Gasteiger partial charge in [-0.3, -0.25) is 9.78 Å². The molecule has 1 aromatic heterocycles. The Morgan fingerprint density at radius 1 is 1.17 bits per heavy atom. The van der Waals surface area contributed by atoms with E-state index in [0.29, 0.717) is 28.6 Å². The van der Waals surface area contributed by atoms with E-state index < -0.39 is 11.7 Å². The summed E-state index contributed by atoms with van der Waals surface area (Å²) in [6.07, 6.45) is 5.93. The van der Waals surface area contributed by atoms with Gasteiger partial charge in [0.2, 0.25) is 5.91 Å². The number of hydrogen-bond acceptors (Lipinski definition) is 6. The van der Waals surface area contributed by atoms with E-state index in [2.05, 4.69) is 15.6 Å². The molecule has 1 amide bonds. The summed E-state index contributed by atoms with van der Waals surface area (Å²) in [6, 6.07) is 15.1. The number of carbonyl (C=O) groups is 2. The van der Waals surface area contributed by atoms with Crippen LogP contribution < -0.4 is 25.9 Å². The highest BCUT2D eigenvalue weighted by molar-refractivity contribution is 7.80. The van der Waals surface area contributed by atoms with Crippen LogP contribution in [0.25, 0.3) is 12.2 Å². The van der Waals surface area contributed by atoms with Crippen molar-refractivity contribution < 1.29 is 23.5 Å². The highest BCUT2D eigenvalue weighted by Crippen LogP contribution is 2.25. The number of thiocarbonyl (C=S) groups is 1. The van der Waals surface area contributed by atoms with Crippen molar-refractivity contribution in [3.05, 3.63) is 82.7 Å². The van der Waals surface area contributed by atoms with Gasteiger partial charge < -0.3 is 24.9 Å². The van der Waals surface area contributed by atoms with Crippen molar-refractivity contribution in [3.8, 4) is 11.5 Å². The van der Waals surface area contributed by atoms with Gasteiger partial charge in [-0.1, -0.05) is 43.3 Å². The van der Waals surface area contributed by atoms with Crippen molar-refractivity contribution in [3.63, 3.8) is 0 Å². The number of aldehydes is 1. The molecule has 9 heteroatoms. The zero-order valence-corrected chi connectivity index (χ0v) is 20.7. The number of amides is 1. The molecule has 0 aliphatic heterocycles. The van der Waals surface area contributed by atoms with Crippen LogP contribution in [0.2, 0.25) is 0 Å². The minimum Gasteiger partial charge on any atom is -0.454 e. The summed E-state index contributed by atoms with van der Waals surface area (Å²) in [7, 11) is 1.56. The van der Waals surface area contributed by atoms with E-state index in [1.54, 1.807) is 38.3 Å². The minimum atomic E-state index is -0.646. The van der Waals surface area contributed by atoms with Crippen LogP contribution in [0.3, 0.4) is 0 Å². The quantitative estimate of drug-likeness (QED) is 0.340. The fourth-order valence-electron chi connectivity index (χ4n) is 3.25. The van der Waals surface area contributed by atoms with Crippen LogP contribution in [-0.2, 0) is 20.7 Å². The third kappa shape index (κ3) is 7.79. The Kier molecular flexibility index (Phi) is 9.79. The highest BCUT2D eigenvalue weighted by atomic mass is 32.1. The Morgan fingerprint density at radius 3 is 2.64 bits per heavy atom. The second-order valence-corrected chi connectivity index (χ2v) is 8.25. The van der Waals surface area contributed by atoms with Gasteiger partial charge in [0.1, 0.15) is 12.0 Å². The average Bonchev–Trinajstić information content (AvgIpc) is 2.86. The average molecular weight is 508 g/mol. The Bertz CT molecular complexity index is 1350. The van der Waals surface area contributed by atoms with E-state index in [1.165, 1.54) is 18.3 Å². The van der Waals surface area contributed by atoms with Crippen LogP contribution in [0.4, 0.5) is 10.1 Å². The molecule has 0 fully saturated rings. The van der Waals surface area contributed by atoms with Gasteiger partial charge in [0.25, 0.3) is 0 Å². The third-order valence-corrected chi connectivity index (χ3v) is 5.14. The third-order valence-electron chi connectivity index (χ3n) is 4.94. The highest BCUT2D eigenvalue weighted by Gasteiger charge is 2.11. The summed E-state index contributed by atoms with van der Waals surface area (Å²) in [4.78, 5) is 27.7. The van der Waals surface area contributed by atoms with Gasteiger partial charge in [-0.2, -0.15) is 0 Å². The number of anilines is 1. The zero-order valence-electron chi connectivity index (χ0n) is 19.9. The lowest BCUT2D eigenvalue weighted by atomic mass is 10.1. The van der Waals surface area contributed by atoms with E-state index >= 15 is 0 Å². The second kappa shape index (κ2) is 13.2. The van der Waals surface area contributed by atoms with Crippen molar-refractivity contribution >= 4 is 47.4 Å². The van der Waals surface area contributed by atoms with Crippen molar-refractivity contribution in [1.82, 2.24) is 10.3 Å². The smallest absolute Gasteiger partial charge is 0.230 e. The minimum absolute atomic E-state index is 0.0307. The van der Waals surface area contributed by atoms with Crippen LogP contribution in [0, 0.1) is 11.7 Å². The fourth-order valence-corrected chi connectivity index (χ4v) is 3.48. The predicted octanol–water partition coefficient (Wildman–Crippen LogP) is 3.11. The normalized spacial score (nSPS) is 12.6. The molecule has 1 heterocycles. The van der Waals surface area contributed by atoms with Gasteiger partial charge in [-0.25, -0.2) is 4.39 Å². The molecule has 36 heavy (non-hydrogen) atoms. The molecular weight excluding hydrogens is 481 g/mol. The first-order valence-corrected chi connectivity index (χ1v) is 11.5. The molecule has 2 aromatic carbocycles. The molecule has 186 valence electrons. The van der Waals surface area contributed by atoms with Crippen molar-refractivity contribution in [1.29, 1.82) is 0 Å². The molecule has 0 radical (unpaired) electrons. The first-order valence-electron chi connectivity index (χ1n) is 11.1. The summed E-state index contributed by atoms with van der Waals surface area (Å²) in [6.45, 7) is 2.04. The lowest BCUT2D eigenvalue weighted by Crippen LogP contribution is -2.35. The molecule has 0 saturated heterocycles. The molecule has 0 aliphatic rings. The van der Waals surface area contributed by atoms with E-state index in [-0.39, 0.29) is 23.2 Å². The summed E-state index contributed by atoms with van der Waals surface area (Å²) >= 11 is 5.18. The maximum absolute atomic E-state index is 14.9. The summed E-state index contributed by atoms with van der Waals surface area (Å²) in [5.74, 6) is -1.03. The van der Waals surface area contributed by atoms with E-state index in [0.717, 1.165) is 11.8 Å². The number of halogens is 1. The van der Waals surface area contributed by atoms with E-state index in [9.17, 15) is 14.0 Å². The maximum atomic E-state index is 14.9. The van der Waals surface area contributed by atoms with Gasteiger partial charge in [-0.15, -0.1) is 0 Å². The monoisotopic (exact) mass is 507 g/mol. The number of rotatable bonds is 9. The summed E-state index contributed by atoms with van der Waals surface area (Å²) in [5.41, 5.74) is 1.19. The molecule has 0 aliphatic carbocycles. The number of benzene rings is 2. The molecule has 0 spiro atoms. The van der Waals surface area contributed by atoms with Crippen molar-refractivity contribution in [2.24, 2.45) is 5.92 Å². The van der Waals surface area contributed by atoms with Crippen LogP contribution >= 0.6 is 12.2 Å². The van der Waals surface area contributed by atoms with Crippen molar-refractivity contribution in [2.75, 3.05) is 19.0 Å². The van der Waals surface area contributed by atoms with E-state index in [1.807, 2.05) is 30.3 Å². The number of pyridine rings is 1. The molecule has 7 nitrogen and oxygen atoms in total. The summed E-state index contributed by atoms with van der Waals surface area (Å²) in [5, 5.41) is 6.54. The Morgan fingerprint density at radius 2 is 1.94 bits per heavy atom. The molecule has 3 aromatic rings. The van der Waals surface area contributed by atoms with Gasteiger partial charge in [0, 0.05) is 36.2 Å². The molecule has 0 bridgehead atoms. The van der Waals surface area contributed by atoms with Crippen LogP contribution in [0.5, 0.6) is 11.5 Å². The molecule has 1 unspecified atom stereocenters. The Balaban J connectivity index is 1.74. The number of carbonyl (C=O) groups excluding carboxylic acids is 2. The molecule has 3 rings (SSSR count). The van der Waals surface area contributed by atoms with Crippen LogP contribution in [0.1, 0.15) is 12.5 Å². The Labute approximate surface area is 213 Å². The number of nitrogens with zero attached hydrogens (tertiary/aromatic N) is 1. The number of hydrogen-bond donors (Lipinski definition) is 2. The number of aromatic nitrogens is 1. The molecule has 2 N–H and O–H groups in total. The van der Waals surface area contributed by atoms with Crippen molar-refractivity contribution in [2.45, 2.75) is 13.3 Å². The number of nitrogens with one attached hydrogen (secondary N) is 2. The van der Waals surface area contributed by atoms with E-state index in [4.69, 9.17) is 21.7 Å². The van der Waals surface area contributed by atoms with Gasteiger partial charge in [-0.05, 0) is 42.1 Å². The molecular formula is C27H26FN3O4S. The van der Waals surface area contributed by atoms with Gasteiger partial charge >= 0.3 is 0 Å². The van der Waals surface area contributed by atoms with Crippen LogP contribution in [-0.4, -0.2) is 36.0 Å². The van der Waals surface area contributed by atoms with Gasteiger partial charge in [0.15, 0.2) is 16.7 Å². The zero-order chi connectivity index (χ0) is 25.9. The Hall–Kier alpha value is -3.95. The number of methoxy groups -OCH3 is 1. The fraction of sp³-hybridized carbons (Fsp3) is 0.185. The largest absolute Gasteiger partial charge is 0.454 e. The molecule has 0 saturated carbocycles. The molecule has 1 atom stereocenters. The number of ether oxygens (including phenoxy) is 2. The first kappa shape index (κ1) is 26.7. The lowest BCUT2D eigenvalue weighted by molar-refractivity contribution is -0.119. The van der Waals surface area contributed by atoms with Crippen LogP contribution in [0.15, 0.2) is 60.8 Å². The lowest BCUT2D eigenvalue weighted by Gasteiger charge is -2.12. The first-order chi connectivity index (χ1) is 17.4. The topological polar surface area (TPSA) is 89.6 Å². The van der Waals surface area contributed by atoms with Gasteiger partial charge in [0.05, 0.1) is 18.4 Å². The maximum Gasteiger partial charge on any atom is 0.230 e. The SMILES string of the molecule is COC/C=c1/nccc(Oc2ccc(NC(=S)NC(=O)Cc3ccccc3)cc2F)/c1=C/C(C)C=O.